The van der Waals surface area contributed by atoms with Crippen molar-refractivity contribution in [3.63, 3.8) is 0 Å². The minimum Gasteiger partial charge on any atom is -0.493 e. The van der Waals surface area contributed by atoms with Crippen molar-refractivity contribution in [2.45, 2.75) is 13.8 Å². The van der Waals surface area contributed by atoms with Crippen molar-refractivity contribution in [3.05, 3.63) is 58.6 Å². The Hall–Kier alpha value is -3.19. The van der Waals surface area contributed by atoms with Gasteiger partial charge in [0.25, 0.3) is 5.91 Å². The van der Waals surface area contributed by atoms with Crippen molar-refractivity contribution in [1.82, 2.24) is 4.98 Å². The molecule has 0 fully saturated rings. The van der Waals surface area contributed by atoms with Crippen LogP contribution in [0.3, 0.4) is 0 Å². The molecule has 0 saturated heterocycles. The maximum Gasteiger partial charge on any atom is 0.267 e. The number of aromatic nitrogens is 1. The number of nitrogens with one attached hydrogen (secondary N) is 1. The van der Waals surface area contributed by atoms with E-state index < -0.39 is 0 Å². The molecule has 144 valence electrons. The Morgan fingerprint density at radius 3 is 2.43 bits per heavy atom. The van der Waals surface area contributed by atoms with Crippen molar-refractivity contribution in [3.8, 4) is 22.1 Å². The van der Waals surface area contributed by atoms with Gasteiger partial charge in [0.1, 0.15) is 9.88 Å². The SMILES string of the molecule is COc1ccc(-c2nc(C)c(C(=O)Nc3ccccc3C(C)=O)s2)cc1OC. The van der Waals surface area contributed by atoms with Gasteiger partial charge in [0.2, 0.25) is 0 Å². The molecule has 0 atom stereocenters. The fourth-order valence-corrected chi connectivity index (χ4v) is 3.74. The van der Waals surface area contributed by atoms with E-state index in [-0.39, 0.29) is 11.7 Å². The second-order valence-corrected chi connectivity index (χ2v) is 7.06. The molecule has 1 aromatic heterocycles. The fraction of sp³-hybridized carbons (Fsp3) is 0.190. The number of thiazole rings is 1. The van der Waals surface area contributed by atoms with Gasteiger partial charge in [0, 0.05) is 11.1 Å². The van der Waals surface area contributed by atoms with Gasteiger partial charge in [0.15, 0.2) is 17.3 Å². The van der Waals surface area contributed by atoms with Gasteiger partial charge >= 0.3 is 0 Å². The smallest absolute Gasteiger partial charge is 0.267 e. The van der Waals surface area contributed by atoms with E-state index in [1.807, 2.05) is 12.1 Å². The fourth-order valence-electron chi connectivity index (χ4n) is 2.78. The Bertz CT molecular complexity index is 1040. The van der Waals surface area contributed by atoms with Crippen LogP contribution in [0.25, 0.3) is 10.6 Å². The third-order valence-corrected chi connectivity index (χ3v) is 5.39. The van der Waals surface area contributed by atoms with E-state index in [1.165, 1.54) is 18.3 Å². The quantitative estimate of drug-likeness (QED) is 0.617. The molecule has 3 rings (SSSR count). The summed E-state index contributed by atoms with van der Waals surface area (Å²) in [6.07, 6.45) is 0. The monoisotopic (exact) mass is 396 g/mol. The number of amides is 1. The van der Waals surface area contributed by atoms with Crippen LogP contribution in [0.4, 0.5) is 5.69 Å². The highest BCUT2D eigenvalue weighted by Crippen LogP contribution is 2.35. The molecule has 3 aromatic rings. The van der Waals surface area contributed by atoms with E-state index in [1.54, 1.807) is 51.5 Å². The Labute approximate surface area is 167 Å². The zero-order chi connectivity index (χ0) is 20.3. The molecule has 0 radical (unpaired) electrons. The molecule has 0 unspecified atom stereocenters. The molecule has 0 spiro atoms. The van der Waals surface area contributed by atoms with Gasteiger partial charge in [-0.2, -0.15) is 0 Å². The lowest BCUT2D eigenvalue weighted by atomic mass is 10.1. The van der Waals surface area contributed by atoms with Crippen LogP contribution in [0.15, 0.2) is 42.5 Å². The van der Waals surface area contributed by atoms with Crippen molar-refractivity contribution in [2.24, 2.45) is 0 Å². The highest BCUT2D eigenvalue weighted by Gasteiger charge is 2.19. The van der Waals surface area contributed by atoms with Crippen LogP contribution >= 0.6 is 11.3 Å². The molecule has 0 aliphatic heterocycles. The second-order valence-electron chi connectivity index (χ2n) is 6.06. The molecule has 1 heterocycles. The highest BCUT2D eigenvalue weighted by molar-refractivity contribution is 7.17. The first-order valence-electron chi connectivity index (χ1n) is 8.55. The predicted octanol–water partition coefficient (Wildman–Crippen LogP) is 4.59. The van der Waals surface area contributed by atoms with Crippen LogP contribution in [0, 0.1) is 6.92 Å². The maximum atomic E-state index is 12.8. The Kier molecular flexibility index (Phi) is 5.75. The average Bonchev–Trinajstić information content (AvgIpc) is 3.09. The zero-order valence-electron chi connectivity index (χ0n) is 16.0. The summed E-state index contributed by atoms with van der Waals surface area (Å²) >= 11 is 1.28. The lowest BCUT2D eigenvalue weighted by molar-refractivity contribution is 0.101. The largest absolute Gasteiger partial charge is 0.493 e. The molecule has 0 saturated carbocycles. The molecule has 28 heavy (non-hydrogen) atoms. The minimum atomic E-state index is -0.296. The molecule has 0 aliphatic rings. The number of methoxy groups -OCH3 is 2. The Balaban J connectivity index is 1.91. The number of hydrogen-bond acceptors (Lipinski definition) is 6. The number of nitrogens with zero attached hydrogens (tertiary/aromatic N) is 1. The topological polar surface area (TPSA) is 77.5 Å². The van der Waals surface area contributed by atoms with Crippen LogP contribution in [0.1, 0.15) is 32.6 Å². The summed E-state index contributed by atoms with van der Waals surface area (Å²) < 4.78 is 10.6. The van der Waals surface area contributed by atoms with Crippen LogP contribution in [0.2, 0.25) is 0 Å². The number of anilines is 1. The molecule has 7 heteroatoms. The lowest BCUT2D eigenvalue weighted by Gasteiger charge is -2.08. The summed E-state index contributed by atoms with van der Waals surface area (Å²) in [4.78, 5) is 29.6. The number of ether oxygens (including phenoxy) is 2. The van der Waals surface area contributed by atoms with Crippen molar-refractivity contribution < 1.29 is 19.1 Å². The third-order valence-electron chi connectivity index (χ3n) is 4.19. The van der Waals surface area contributed by atoms with Crippen LogP contribution in [-0.4, -0.2) is 30.9 Å². The van der Waals surface area contributed by atoms with Crippen LogP contribution in [-0.2, 0) is 0 Å². The summed E-state index contributed by atoms with van der Waals surface area (Å²) in [6, 6.07) is 12.4. The number of hydrogen-bond donors (Lipinski definition) is 1. The summed E-state index contributed by atoms with van der Waals surface area (Å²) in [5, 5.41) is 3.52. The van der Waals surface area contributed by atoms with Crippen molar-refractivity contribution >= 4 is 28.7 Å². The average molecular weight is 396 g/mol. The number of carbonyl (C=O) groups excluding carboxylic acids is 2. The van der Waals surface area contributed by atoms with Crippen molar-refractivity contribution in [1.29, 1.82) is 0 Å². The van der Waals surface area contributed by atoms with E-state index >= 15 is 0 Å². The van der Waals surface area contributed by atoms with Gasteiger partial charge in [-0.15, -0.1) is 11.3 Å². The number of Topliss-reactive ketones (excluding diaryl/α,β-unsaturated/α-hetero) is 1. The summed E-state index contributed by atoms with van der Waals surface area (Å²) in [5.41, 5.74) is 2.40. The maximum absolute atomic E-state index is 12.8. The molecule has 1 amide bonds. The number of carbonyl (C=O) groups is 2. The minimum absolute atomic E-state index is 0.108. The van der Waals surface area contributed by atoms with E-state index in [0.29, 0.717) is 38.3 Å². The second kappa shape index (κ2) is 8.22. The Morgan fingerprint density at radius 2 is 1.75 bits per heavy atom. The summed E-state index contributed by atoms with van der Waals surface area (Å²) in [7, 11) is 3.15. The van der Waals surface area contributed by atoms with E-state index in [4.69, 9.17) is 9.47 Å². The van der Waals surface area contributed by atoms with Gasteiger partial charge in [-0.25, -0.2) is 4.98 Å². The van der Waals surface area contributed by atoms with Crippen LogP contribution in [0.5, 0.6) is 11.5 Å². The summed E-state index contributed by atoms with van der Waals surface area (Å²) in [5.74, 6) is 0.811. The van der Waals surface area contributed by atoms with E-state index in [9.17, 15) is 9.59 Å². The molecule has 6 nitrogen and oxygen atoms in total. The standard InChI is InChI=1S/C21H20N2O4S/c1-12-19(20(25)23-16-8-6-5-7-15(16)13(2)24)28-21(22-12)14-9-10-17(26-3)18(11-14)27-4/h5-11H,1-4H3,(H,23,25). The predicted molar refractivity (Wildman–Crippen MR) is 110 cm³/mol. The number of benzene rings is 2. The van der Waals surface area contributed by atoms with Gasteiger partial charge in [-0.1, -0.05) is 12.1 Å². The van der Waals surface area contributed by atoms with Crippen molar-refractivity contribution in [2.75, 3.05) is 19.5 Å². The molecular formula is C21H20N2O4S. The highest BCUT2D eigenvalue weighted by atomic mass is 32.1. The molecule has 1 N–H and O–H groups in total. The first kappa shape index (κ1) is 19.6. The van der Waals surface area contributed by atoms with Crippen LogP contribution < -0.4 is 14.8 Å². The van der Waals surface area contributed by atoms with E-state index in [0.717, 1.165) is 5.56 Å². The first-order chi connectivity index (χ1) is 13.4. The van der Waals surface area contributed by atoms with Gasteiger partial charge in [-0.05, 0) is 44.2 Å². The zero-order valence-corrected chi connectivity index (χ0v) is 16.8. The number of para-hydroxylation sites is 1. The van der Waals surface area contributed by atoms with Gasteiger partial charge < -0.3 is 14.8 Å². The third kappa shape index (κ3) is 3.89. The van der Waals surface area contributed by atoms with E-state index in [2.05, 4.69) is 10.3 Å². The van der Waals surface area contributed by atoms with Gasteiger partial charge in [0.05, 0.1) is 25.6 Å². The summed E-state index contributed by atoms with van der Waals surface area (Å²) in [6.45, 7) is 3.25. The normalized spacial score (nSPS) is 10.4. The molecular weight excluding hydrogens is 376 g/mol. The molecule has 0 bridgehead atoms. The number of aryl methyl sites for hydroxylation is 1. The Morgan fingerprint density at radius 1 is 1.04 bits per heavy atom. The lowest BCUT2D eigenvalue weighted by Crippen LogP contribution is -2.14. The molecule has 0 aliphatic carbocycles. The number of rotatable bonds is 6. The number of ketones is 1. The first-order valence-corrected chi connectivity index (χ1v) is 9.37. The molecule has 2 aromatic carbocycles. The van der Waals surface area contributed by atoms with Gasteiger partial charge in [-0.3, -0.25) is 9.59 Å².